The van der Waals surface area contributed by atoms with Crippen LogP contribution in [0.1, 0.15) is 18.1 Å². The molecule has 3 nitrogen and oxygen atoms in total. The Labute approximate surface area is 70.2 Å². The molecule has 1 aliphatic heterocycles. The summed E-state index contributed by atoms with van der Waals surface area (Å²) in [4.78, 5) is 0. The smallest absolute Gasteiger partial charge is 0.125 e. The number of hydrogen-bond acceptors (Lipinski definition) is 3. The highest BCUT2D eigenvalue weighted by Gasteiger charge is 2.18. The first-order chi connectivity index (χ1) is 5.77. The summed E-state index contributed by atoms with van der Waals surface area (Å²) in [6, 6.07) is 4.77. The van der Waals surface area contributed by atoms with Crippen molar-refractivity contribution in [1.82, 2.24) is 0 Å². The molecule has 1 atom stereocenters. The van der Waals surface area contributed by atoms with Crippen molar-refractivity contribution in [3.63, 3.8) is 0 Å². The lowest BCUT2D eigenvalue weighted by Crippen LogP contribution is -2.13. The van der Waals surface area contributed by atoms with E-state index in [1.807, 2.05) is 0 Å². The maximum Gasteiger partial charge on any atom is 0.125 e. The Morgan fingerprint density at radius 3 is 3.08 bits per heavy atom. The maximum absolute atomic E-state index is 9.49. The van der Waals surface area contributed by atoms with Gasteiger partial charge in [0.15, 0.2) is 0 Å². The van der Waals surface area contributed by atoms with Gasteiger partial charge in [0.1, 0.15) is 11.5 Å². The van der Waals surface area contributed by atoms with Crippen LogP contribution in [-0.4, -0.2) is 16.8 Å². The average Bonchev–Trinajstić information content (AvgIpc) is 2.07. The molecular formula is C9H10O3. The number of rotatable bonds is 0. The van der Waals surface area contributed by atoms with Crippen molar-refractivity contribution >= 4 is 0 Å². The van der Waals surface area contributed by atoms with Gasteiger partial charge in [0.05, 0.1) is 12.7 Å². The Bertz CT molecular complexity index is 296. The van der Waals surface area contributed by atoms with Crippen LogP contribution < -0.4 is 4.74 Å². The van der Waals surface area contributed by atoms with E-state index < -0.39 is 6.10 Å². The van der Waals surface area contributed by atoms with E-state index in [0.717, 1.165) is 0 Å². The van der Waals surface area contributed by atoms with Crippen LogP contribution in [0.15, 0.2) is 18.2 Å². The predicted molar refractivity (Wildman–Crippen MR) is 43.2 cm³/mol. The van der Waals surface area contributed by atoms with Gasteiger partial charge in [-0.2, -0.15) is 0 Å². The number of phenols is 1. The topological polar surface area (TPSA) is 49.7 Å². The first kappa shape index (κ1) is 7.43. The van der Waals surface area contributed by atoms with Crippen molar-refractivity contribution in [2.75, 3.05) is 6.61 Å². The first-order valence-corrected chi connectivity index (χ1v) is 3.91. The molecule has 1 unspecified atom stereocenters. The van der Waals surface area contributed by atoms with Gasteiger partial charge in [-0.15, -0.1) is 0 Å². The van der Waals surface area contributed by atoms with Gasteiger partial charge in [-0.25, -0.2) is 0 Å². The Balaban J connectivity index is 2.47. The van der Waals surface area contributed by atoms with Crippen LogP contribution in [0.3, 0.4) is 0 Å². The average molecular weight is 166 g/mol. The second-order valence-corrected chi connectivity index (χ2v) is 2.88. The van der Waals surface area contributed by atoms with Crippen LogP contribution >= 0.6 is 0 Å². The molecule has 0 radical (unpaired) electrons. The summed E-state index contributed by atoms with van der Waals surface area (Å²) >= 11 is 0. The van der Waals surface area contributed by atoms with Crippen molar-refractivity contribution in [2.24, 2.45) is 0 Å². The second-order valence-electron chi connectivity index (χ2n) is 2.88. The molecule has 1 heterocycles. The molecule has 64 valence electrons. The van der Waals surface area contributed by atoms with E-state index >= 15 is 0 Å². The van der Waals surface area contributed by atoms with Crippen molar-refractivity contribution in [3.8, 4) is 11.5 Å². The minimum atomic E-state index is -0.499. The lowest BCUT2D eigenvalue weighted by Gasteiger charge is -2.21. The summed E-state index contributed by atoms with van der Waals surface area (Å²) in [5.41, 5.74) is 0.682. The molecule has 0 spiro atoms. The number of aliphatic hydroxyl groups is 1. The number of aromatic hydroxyl groups is 1. The highest BCUT2D eigenvalue weighted by atomic mass is 16.5. The summed E-state index contributed by atoms with van der Waals surface area (Å²) in [7, 11) is 0. The Morgan fingerprint density at radius 2 is 2.25 bits per heavy atom. The molecule has 0 saturated carbocycles. The monoisotopic (exact) mass is 166 g/mol. The molecule has 3 heteroatoms. The number of aliphatic hydroxyl groups excluding tert-OH is 1. The van der Waals surface area contributed by atoms with Crippen LogP contribution in [0.25, 0.3) is 0 Å². The number of fused-ring (bicyclic) bond motifs is 1. The maximum atomic E-state index is 9.49. The van der Waals surface area contributed by atoms with Crippen LogP contribution in [0.4, 0.5) is 0 Å². The van der Waals surface area contributed by atoms with Crippen molar-refractivity contribution in [1.29, 1.82) is 0 Å². The molecule has 1 aromatic rings. The zero-order valence-electron chi connectivity index (χ0n) is 6.53. The second kappa shape index (κ2) is 2.68. The highest BCUT2D eigenvalue weighted by molar-refractivity contribution is 5.41. The molecule has 0 aliphatic carbocycles. The van der Waals surface area contributed by atoms with E-state index in [2.05, 4.69) is 0 Å². The van der Waals surface area contributed by atoms with Crippen molar-refractivity contribution in [3.05, 3.63) is 23.8 Å². The number of phenolic OH excluding ortho intramolecular Hbond substituents is 1. The molecule has 1 aromatic carbocycles. The summed E-state index contributed by atoms with van der Waals surface area (Å²) in [5.74, 6) is 0.838. The van der Waals surface area contributed by atoms with Crippen LogP contribution in [-0.2, 0) is 0 Å². The predicted octanol–water partition coefficient (Wildman–Crippen LogP) is 1.21. The fraction of sp³-hybridized carbons (Fsp3) is 0.333. The van der Waals surface area contributed by atoms with Gasteiger partial charge in [-0.1, -0.05) is 0 Å². The van der Waals surface area contributed by atoms with Gasteiger partial charge in [0, 0.05) is 12.0 Å². The number of hydrogen-bond donors (Lipinski definition) is 2. The van der Waals surface area contributed by atoms with E-state index in [9.17, 15) is 5.11 Å². The molecule has 0 fully saturated rings. The Kier molecular flexibility index (Phi) is 1.66. The van der Waals surface area contributed by atoms with Crippen molar-refractivity contribution < 1.29 is 14.9 Å². The minimum absolute atomic E-state index is 0.165. The molecule has 2 N–H and O–H groups in total. The van der Waals surface area contributed by atoms with Gasteiger partial charge in [0.2, 0.25) is 0 Å². The summed E-state index contributed by atoms with van der Waals surface area (Å²) in [6.45, 7) is 0.541. The molecule has 1 aliphatic rings. The third kappa shape index (κ3) is 1.12. The lowest BCUT2D eigenvalue weighted by atomic mass is 10.0. The Hall–Kier alpha value is -1.22. The van der Waals surface area contributed by atoms with E-state index in [4.69, 9.17) is 9.84 Å². The largest absolute Gasteiger partial charge is 0.508 e. The molecule has 0 aromatic heterocycles. The standard InChI is InChI=1S/C9H10O3/c10-6-1-2-9-7(5-6)8(11)3-4-12-9/h1-2,5,8,10-11H,3-4H2. The normalized spacial score (nSPS) is 21.2. The summed E-state index contributed by atoms with van der Waals surface area (Å²) in [6.07, 6.45) is 0.0945. The molecule has 12 heavy (non-hydrogen) atoms. The fourth-order valence-electron chi connectivity index (χ4n) is 1.36. The van der Waals surface area contributed by atoms with Gasteiger partial charge in [-0.3, -0.25) is 0 Å². The van der Waals surface area contributed by atoms with Gasteiger partial charge >= 0.3 is 0 Å². The fourth-order valence-corrected chi connectivity index (χ4v) is 1.36. The van der Waals surface area contributed by atoms with E-state index in [1.54, 1.807) is 18.2 Å². The van der Waals surface area contributed by atoms with Crippen LogP contribution in [0, 0.1) is 0 Å². The molecule has 0 amide bonds. The van der Waals surface area contributed by atoms with Crippen LogP contribution in [0.5, 0.6) is 11.5 Å². The molecule has 0 bridgehead atoms. The van der Waals surface area contributed by atoms with Gasteiger partial charge in [-0.05, 0) is 18.2 Å². The van der Waals surface area contributed by atoms with E-state index in [1.165, 1.54) is 0 Å². The number of ether oxygens (including phenoxy) is 1. The molecule has 0 saturated heterocycles. The summed E-state index contributed by atoms with van der Waals surface area (Å²) < 4.78 is 5.28. The van der Waals surface area contributed by atoms with Gasteiger partial charge in [0.25, 0.3) is 0 Å². The van der Waals surface area contributed by atoms with Crippen LogP contribution in [0.2, 0.25) is 0 Å². The quantitative estimate of drug-likeness (QED) is 0.609. The molecular weight excluding hydrogens is 156 g/mol. The first-order valence-electron chi connectivity index (χ1n) is 3.91. The van der Waals surface area contributed by atoms with E-state index in [0.29, 0.717) is 24.3 Å². The zero-order chi connectivity index (χ0) is 8.55. The Morgan fingerprint density at radius 1 is 1.42 bits per heavy atom. The SMILES string of the molecule is Oc1ccc2c(c1)C(O)CCO2. The van der Waals surface area contributed by atoms with Gasteiger partial charge < -0.3 is 14.9 Å². The lowest BCUT2D eigenvalue weighted by molar-refractivity contribution is 0.115. The van der Waals surface area contributed by atoms with E-state index in [-0.39, 0.29) is 5.75 Å². The van der Waals surface area contributed by atoms with Crippen molar-refractivity contribution in [2.45, 2.75) is 12.5 Å². The highest BCUT2D eigenvalue weighted by Crippen LogP contribution is 2.33. The number of benzene rings is 1. The third-order valence-corrected chi connectivity index (χ3v) is 2.00. The summed E-state index contributed by atoms with van der Waals surface area (Å²) in [5, 5.41) is 18.6. The molecule has 2 rings (SSSR count). The minimum Gasteiger partial charge on any atom is -0.508 e. The third-order valence-electron chi connectivity index (χ3n) is 2.00. The zero-order valence-corrected chi connectivity index (χ0v) is 6.53.